The molecule has 1 saturated heterocycles. The van der Waals surface area contributed by atoms with Gasteiger partial charge in [0.25, 0.3) is 0 Å². The smallest absolute Gasteiger partial charge is 0.152 e. The fourth-order valence-corrected chi connectivity index (χ4v) is 4.08. The molecular weight excluding hydrogens is 200 g/mol. The van der Waals surface area contributed by atoms with E-state index in [4.69, 9.17) is 5.73 Å². The molecule has 4 nitrogen and oxygen atoms in total. The molecule has 2 N–H and O–H groups in total. The zero-order chi connectivity index (χ0) is 10.2. The lowest BCUT2D eigenvalue weighted by molar-refractivity contribution is 0.465. The first-order valence-electron chi connectivity index (χ1n) is 4.39. The van der Waals surface area contributed by atoms with Crippen LogP contribution in [0.25, 0.3) is 0 Å². The van der Waals surface area contributed by atoms with Crippen LogP contribution in [-0.2, 0) is 15.3 Å². The van der Waals surface area contributed by atoms with Gasteiger partial charge in [-0.3, -0.25) is 4.98 Å². The predicted molar refractivity (Wildman–Crippen MR) is 53.6 cm³/mol. The Balaban J connectivity index is 2.34. The third-order valence-electron chi connectivity index (χ3n) is 2.68. The van der Waals surface area contributed by atoms with Gasteiger partial charge in [0.1, 0.15) is 0 Å². The molecule has 76 valence electrons. The topological polar surface area (TPSA) is 73.0 Å². The molecule has 0 bridgehead atoms. The molecule has 1 aliphatic rings. The van der Waals surface area contributed by atoms with E-state index in [-0.39, 0.29) is 16.9 Å². The second-order valence-electron chi connectivity index (χ2n) is 3.75. The normalized spacial score (nSPS) is 22.6. The fraction of sp³-hybridized carbons (Fsp3) is 0.444. The van der Waals surface area contributed by atoms with E-state index in [1.165, 1.54) is 0 Å². The highest BCUT2D eigenvalue weighted by Gasteiger charge is 2.48. The van der Waals surface area contributed by atoms with E-state index in [2.05, 4.69) is 4.98 Å². The van der Waals surface area contributed by atoms with Crippen molar-refractivity contribution in [2.24, 2.45) is 5.73 Å². The van der Waals surface area contributed by atoms with Crippen molar-refractivity contribution >= 4 is 9.84 Å². The first kappa shape index (κ1) is 9.61. The highest BCUT2D eigenvalue weighted by Crippen LogP contribution is 2.35. The van der Waals surface area contributed by atoms with Gasteiger partial charge in [-0.2, -0.15) is 0 Å². The van der Waals surface area contributed by atoms with Gasteiger partial charge in [0.05, 0.1) is 11.5 Å². The molecule has 0 spiro atoms. The number of aromatic nitrogens is 1. The second kappa shape index (κ2) is 3.03. The molecule has 1 aromatic heterocycles. The quantitative estimate of drug-likeness (QED) is 0.731. The maximum atomic E-state index is 11.2. The third kappa shape index (κ3) is 1.42. The summed E-state index contributed by atoms with van der Waals surface area (Å²) >= 11 is 0. The number of pyridine rings is 1. The highest BCUT2D eigenvalue weighted by atomic mass is 32.2. The minimum Gasteiger partial charge on any atom is -0.330 e. The zero-order valence-corrected chi connectivity index (χ0v) is 8.50. The van der Waals surface area contributed by atoms with Gasteiger partial charge >= 0.3 is 0 Å². The van der Waals surface area contributed by atoms with Crippen molar-refractivity contribution in [3.63, 3.8) is 0 Å². The summed E-state index contributed by atoms with van der Waals surface area (Å²) in [5, 5.41) is 0. The van der Waals surface area contributed by atoms with Crippen LogP contribution in [0, 0.1) is 0 Å². The van der Waals surface area contributed by atoms with Crippen molar-refractivity contribution in [1.29, 1.82) is 0 Å². The lowest BCUT2D eigenvalue weighted by Gasteiger charge is -2.40. The number of nitrogens with two attached hydrogens (primary N) is 1. The first-order chi connectivity index (χ1) is 6.58. The van der Waals surface area contributed by atoms with Crippen molar-refractivity contribution in [3.05, 3.63) is 30.1 Å². The van der Waals surface area contributed by atoms with E-state index >= 15 is 0 Å². The van der Waals surface area contributed by atoms with Crippen molar-refractivity contribution in [2.75, 3.05) is 18.1 Å². The predicted octanol–water partition coefficient (Wildman–Crippen LogP) is -0.293. The maximum absolute atomic E-state index is 11.2. The largest absolute Gasteiger partial charge is 0.330 e. The minimum atomic E-state index is -2.85. The van der Waals surface area contributed by atoms with Gasteiger partial charge in [-0.1, -0.05) is 0 Å². The summed E-state index contributed by atoms with van der Waals surface area (Å²) in [6.45, 7) is 0.371. The Labute approximate surface area is 83.1 Å². The van der Waals surface area contributed by atoms with Crippen LogP contribution < -0.4 is 5.73 Å². The molecule has 1 aromatic rings. The molecule has 0 saturated carbocycles. The van der Waals surface area contributed by atoms with E-state index in [9.17, 15) is 8.42 Å². The fourth-order valence-electron chi connectivity index (χ4n) is 1.91. The van der Waals surface area contributed by atoms with Crippen LogP contribution in [0.1, 0.15) is 5.56 Å². The summed E-state index contributed by atoms with van der Waals surface area (Å²) in [7, 11) is -2.85. The van der Waals surface area contributed by atoms with Crippen LogP contribution in [0.15, 0.2) is 24.5 Å². The van der Waals surface area contributed by atoms with Crippen molar-refractivity contribution in [1.82, 2.24) is 4.98 Å². The van der Waals surface area contributed by atoms with E-state index < -0.39 is 9.84 Å². The summed E-state index contributed by atoms with van der Waals surface area (Å²) in [6, 6.07) is 3.67. The Morgan fingerprint density at radius 1 is 1.36 bits per heavy atom. The molecule has 1 aliphatic heterocycles. The molecule has 1 fully saturated rings. The monoisotopic (exact) mass is 212 g/mol. The molecule has 2 heterocycles. The van der Waals surface area contributed by atoms with Crippen molar-refractivity contribution < 1.29 is 8.42 Å². The average Bonchev–Trinajstić information content (AvgIpc) is 2.15. The highest BCUT2D eigenvalue weighted by molar-refractivity contribution is 7.93. The lowest BCUT2D eigenvalue weighted by atomic mass is 9.84. The Hall–Kier alpha value is -0.940. The van der Waals surface area contributed by atoms with Crippen LogP contribution in [0.2, 0.25) is 0 Å². The molecule has 0 unspecified atom stereocenters. The number of rotatable bonds is 2. The van der Waals surface area contributed by atoms with E-state index in [0.717, 1.165) is 5.56 Å². The first-order valence-corrected chi connectivity index (χ1v) is 6.21. The van der Waals surface area contributed by atoms with Crippen LogP contribution in [0.3, 0.4) is 0 Å². The van der Waals surface area contributed by atoms with Gasteiger partial charge in [-0.25, -0.2) is 8.42 Å². The molecule has 14 heavy (non-hydrogen) atoms. The lowest BCUT2D eigenvalue weighted by Crippen LogP contribution is -2.56. The number of sulfone groups is 1. The molecule has 0 amide bonds. The van der Waals surface area contributed by atoms with Crippen LogP contribution in [0.4, 0.5) is 0 Å². The van der Waals surface area contributed by atoms with Gasteiger partial charge in [-0.15, -0.1) is 0 Å². The number of hydrogen-bond acceptors (Lipinski definition) is 4. The van der Waals surface area contributed by atoms with Gasteiger partial charge in [-0.05, 0) is 17.7 Å². The summed E-state index contributed by atoms with van der Waals surface area (Å²) in [5.41, 5.74) is 6.25. The standard InChI is InChI=1S/C9H12N2O2S/c10-5-9(6-14(12,13)7-9)8-1-3-11-4-2-8/h1-4H,5-7,10H2. The van der Waals surface area contributed by atoms with Gasteiger partial charge in [0.15, 0.2) is 9.84 Å². The molecule has 5 heteroatoms. The minimum absolute atomic E-state index is 0.167. The summed E-state index contributed by atoms with van der Waals surface area (Å²) in [6.07, 6.45) is 3.33. The van der Waals surface area contributed by atoms with Crippen molar-refractivity contribution in [3.8, 4) is 0 Å². The second-order valence-corrected chi connectivity index (χ2v) is 5.82. The van der Waals surface area contributed by atoms with E-state index in [1.54, 1.807) is 12.4 Å². The SMILES string of the molecule is NCC1(c2ccncc2)CS(=O)(=O)C1. The molecule has 0 radical (unpaired) electrons. The Bertz CT molecular complexity index is 415. The van der Waals surface area contributed by atoms with Crippen LogP contribution >= 0.6 is 0 Å². The zero-order valence-electron chi connectivity index (χ0n) is 7.68. The maximum Gasteiger partial charge on any atom is 0.152 e. The molecule has 0 aromatic carbocycles. The van der Waals surface area contributed by atoms with Crippen molar-refractivity contribution in [2.45, 2.75) is 5.41 Å². The van der Waals surface area contributed by atoms with Crippen LogP contribution in [0.5, 0.6) is 0 Å². The number of hydrogen-bond donors (Lipinski definition) is 1. The third-order valence-corrected chi connectivity index (χ3v) is 4.66. The Kier molecular flexibility index (Phi) is 2.08. The Morgan fingerprint density at radius 3 is 2.36 bits per heavy atom. The summed E-state index contributed by atoms with van der Waals surface area (Å²) in [5.74, 6) is 0.334. The van der Waals surface area contributed by atoms with Gasteiger partial charge < -0.3 is 5.73 Å². The van der Waals surface area contributed by atoms with E-state index in [1.807, 2.05) is 12.1 Å². The molecular formula is C9H12N2O2S. The molecule has 0 aliphatic carbocycles. The molecule has 2 rings (SSSR count). The Morgan fingerprint density at radius 2 is 1.93 bits per heavy atom. The summed E-state index contributed by atoms with van der Waals surface area (Å²) < 4.78 is 22.3. The van der Waals surface area contributed by atoms with Gasteiger partial charge in [0, 0.05) is 24.4 Å². The summed E-state index contributed by atoms with van der Waals surface area (Å²) in [4.78, 5) is 3.90. The van der Waals surface area contributed by atoms with Crippen LogP contribution in [-0.4, -0.2) is 31.5 Å². The van der Waals surface area contributed by atoms with E-state index in [0.29, 0.717) is 6.54 Å². The molecule has 0 atom stereocenters. The van der Waals surface area contributed by atoms with Gasteiger partial charge in [0.2, 0.25) is 0 Å². The number of nitrogens with zero attached hydrogens (tertiary/aromatic N) is 1. The average molecular weight is 212 g/mol.